The Morgan fingerprint density at radius 2 is 2.00 bits per heavy atom. The minimum atomic E-state index is -1.63. The molecule has 1 aromatic heterocycles. The standard InChI is InChI=1S/C25H24F3N3O7/c1-35-15-5-2-4-13(8-15)24(34)37-23-21(22(33)19(12-32)38-25(23)6-3-7-36-25)31-11-18(29-30-31)14-9-16(26)20(28)17(27)10-14/h2,4-5,8-11,19,21-23,32-33H,3,6-7,12H2,1H3/t19-,21+,22+,23-,25+/m1/s1. The van der Waals surface area contributed by atoms with Gasteiger partial charge in [0.15, 0.2) is 23.6 Å². The topological polar surface area (TPSA) is 125 Å². The van der Waals surface area contributed by atoms with Gasteiger partial charge < -0.3 is 29.2 Å². The number of carbonyl (C=O) groups excluding carboxylic acids is 1. The van der Waals surface area contributed by atoms with Crippen molar-refractivity contribution in [2.24, 2.45) is 0 Å². The Hall–Kier alpha value is -3.52. The molecule has 202 valence electrons. The first-order valence-corrected chi connectivity index (χ1v) is 11.8. The first-order valence-electron chi connectivity index (χ1n) is 11.8. The molecule has 5 rings (SSSR count). The highest BCUT2D eigenvalue weighted by atomic mass is 19.2. The molecular weight excluding hydrogens is 511 g/mol. The molecule has 13 heteroatoms. The molecule has 3 aromatic rings. The number of hydrogen-bond donors (Lipinski definition) is 2. The first-order chi connectivity index (χ1) is 18.3. The van der Waals surface area contributed by atoms with Crippen molar-refractivity contribution in [2.45, 2.75) is 43.0 Å². The van der Waals surface area contributed by atoms with Gasteiger partial charge in [0.2, 0.25) is 5.79 Å². The Labute approximate surface area is 214 Å². The number of methoxy groups -OCH3 is 1. The van der Waals surface area contributed by atoms with Crippen molar-refractivity contribution in [3.8, 4) is 17.0 Å². The monoisotopic (exact) mass is 535 g/mol. The molecule has 38 heavy (non-hydrogen) atoms. The number of rotatable bonds is 6. The number of hydrogen-bond acceptors (Lipinski definition) is 9. The van der Waals surface area contributed by atoms with Crippen LogP contribution in [0.5, 0.6) is 5.75 Å². The van der Waals surface area contributed by atoms with Gasteiger partial charge in [-0.3, -0.25) is 0 Å². The summed E-state index contributed by atoms with van der Waals surface area (Å²) in [5, 5.41) is 29.0. The summed E-state index contributed by atoms with van der Waals surface area (Å²) in [6.45, 7) is -0.319. The lowest BCUT2D eigenvalue weighted by Crippen LogP contribution is -2.63. The van der Waals surface area contributed by atoms with Crippen molar-refractivity contribution in [3.05, 3.63) is 65.6 Å². The van der Waals surface area contributed by atoms with Crippen molar-refractivity contribution in [3.63, 3.8) is 0 Å². The van der Waals surface area contributed by atoms with Crippen LogP contribution in [0.25, 0.3) is 11.3 Å². The van der Waals surface area contributed by atoms with Crippen LogP contribution in [0.3, 0.4) is 0 Å². The highest BCUT2D eigenvalue weighted by Crippen LogP contribution is 2.45. The summed E-state index contributed by atoms with van der Waals surface area (Å²) in [6, 6.07) is 6.57. The fourth-order valence-electron chi connectivity index (χ4n) is 4.80. The van der Waals surface area contributed by atoms with Crippen LogP contribution in [0, 0.1) is 17.5 Å². The van der Waals surface area contributed by atoms with Gasteiger partial charge in [0.05, 0.1) is 32.1 Å². The van der Waals surface area contributed by atoms with E-state index in [9.17, 15) is 28.2 Å². The zero-order valence-corrected chi connectivity index (χ0v) is 20.1. The molecule has 2 saturated heterocycles. The zero-order chi connectivity index (χ0) is 27.0. The molecule has 0 saturated carbocycles. The number of benzene rings is 2. The van der Waals surface area contributed by atoms with Gasteiger partial charge in [0, 0.05) is 12.0 Å². The van der Waals surface area contributed by atoms with Crippen LogP contribution in [-0.2, 0) is 14.2 Å². The molecule has 0 unspecified atom stereocenters. The van der Waals surface area contributed by atoms with Crippen molar-refractivity contribution in [2.75, 3.05) is 20.3 Å². The molecule has 0 amide bonds. The van der Waals surface area contributed by atoms with Crippen LogP contribution in [0.2, 0.25) is 0 Å². The van der Waals surface area contributed by atoms with Crippen molar-refractivity contribution < 1.29 is 47.1 Å². The molecule has 5 atom stereocenters. The number of nitrogens with zero attached hydrogens (tertiary/aromatic N) is 3. The van der Waals surface area contributed by atoms with Crippen LogP contribution in [0.1, 0.15) is 29.2 Å². The summed E-state index contributed by atoms with van der Waals surface area (Å²) in [4.78, 5) is 13.2. The first kappa shape index (κ1) is 26.1. The fourth-order valence-corrected chi connectivity index (χ4v) is 4.80. The number of ether oxygens (including phenoxy) is 4. The number of aliphatic hydroxyl groups is 2. The van der Waals surface area contributed by atoms with Gasteiger partial charge in [-0.15, -0.1) is 5.10 Å². The van der Waals surface area contributed by atoms with E-state index in [4.69, 9.17) is 18.9 Å². The van der Waals surface area contributed by atoms with Gasteiger partial charge in [-0.05, 0) is 36.8 Å². The second-order valence-electron chi connectivity index (χ2n) is 8.98. The summed E-state index contributed by atoms with van der Waals surface area (Å²) in [6.07, 6.45) is -1.80. The lowest BCUT2D eigenvalue weighted by molar-refractivity contribution is -0.337. The molecule has 3 heterocycles. The molecular formula is C25H24F3N3O7. The number of halogens is 3. The van der Waals surface area contributed by atoms with Crippen LogP contribution in [-0.4, -0.2) is 75.6 Å². The molecule has 0 bridgehead atoms. The van der Waals surface area contributed by atoms with Crippen molar-refractivity contribution in [1.82, 2.24) is 15.0 Å². The van der Waals surface area contributed by atoms with E-state index in [1.165, 1.54) is 25.4 Å². The second kappa shape index (κ2) is 10.3. The minimum absolute atomic E-state index is 0.0405. The number of aliphatic hydroxyl groups excluding tert-OH is 2. The smallest absolute Gasteiger partial charge is 0.338 e. The number of aromatic nitrogens is 3. The number of carbonyl (C=O) groups is 1. The molecule has 10 nitrogen and oxygen atoms in total. The van der Waals surface area contributed by atoms with E-state index in [2.05, 4.69) is 10.3 Å². The average molecular weight is 535 g/mol. The Morgan fingerprint density at radius 3 is 2.66 bits per heavy atom. The molecule has 1 spiro atoms. The van der Waals surface area contributed by atoms with E-state index in [0.29, 0.717) is 12.2 Å². The van der Waals surface area contributed by atoms with Gasteiger partial charge in [-0.2, -0.15) is 0 Å². The largest absolute Gasteiger partial charge is 0.497 e. The third-order valence-electron chi connectivity index (χ3n) is 6.66. The molecule has 2 N–H and O–H groups in total. The average Bonchev–Trinajstić information content (AvgIpc) is 3.60. The lowest BCUT2D eigenvalue weighted by Gasteiger charge is -2.48. The quantitative estimate of drug-likeness (QED) is 0.362. The summed E-state index contributed by atoms with van der Waals surface area (Å²) in [5.74, 6) is -6.32. The predicted molar refractivity (Wildman–Crippen MR) is 122 cm³/mol. The van der Waals surface area contributed by atoms with E-state index in [0.717, 1.165) is 16.8 Å². The third kappa shape index (κ3) is 4.62. The van der Waals surface area contributed by atoms with E-state index < -0.39 is 60.2 Å². The van der Waals surface area contributed by atoms with Crippen molar-refractivity contribution >= 4 is 5.97 Å². The molecule has 2 aliphatic heterocycles. The molecule has 2 fully saturated rings. The Balaban J connectivity index is 1.54. The maximum Gasteiger partial charge on any atom is 0.338 e. The van der Waals surface area contributed by atoms with Crippen LogP contribution < -0.4 is 4.74 Å². The van der Waals surface area contributed by atoms with Gasteiger partial charge in [-0.25, -0.2) is 22.6 Å². The zero-order valence-electron chi connectivity index (χ0n) is 20.1. The van der Waals surface area contributed by atoms with Crippen LogP contribution in [0.15, 0.2) is 42.6 Å². The highest BCUT2D eigenvalue weighted by molar-refractivity contribution is 5.90. The van der Waals surface area contributed by atoms with E-state index >= 15 is 0 Å². The van der Waals surface area contributed by atoms with E-state index in [-0.39, 0.29) is 29.8 Å². The molecule has 2 aromatic carbocycles. The van der Waals surface area contributed by atoms with Gasteiger partial charge in [0.1, 0.15) is 29.7 Å². The Morgan fingerprint density at radius 1 is 1.24 bits per heavy atom. The second-order valence-corrected chi connectivity index (χ2v) is 8.98. The molecule has 0 aliphatic carbocycles. The lowest BCUT2D eigenvalue weighted by atomic mass is 9.88. The summed E-state index contributed by atoms with van der Waals surface area (Å²) >= 11 is 0. The maximum atomic E-state index is 13.8. The third-order valence-corrected chi connectivity index (χ3v) is 6.66. The van der Waals surface area contributed by atoms with Crippen LogP contribution in [0.4, 0.5) is 13.2 Å². The SMILES string of the molecule is COc1cccc(C(=O)O[C@@H]2[C@@H](n3cc(-c4cc(F)c(F)c(F)c4)nn3)[C@@H](O)[C@@H](CO)O[C@@]23CCCO3)c1. The minimum Gasteiger partial charge on any atom is -0.497 e. The summed E-state index contributed by atoms with van der Waals surface area (Å²) < 4.78 is 65.1. The fraction of sp³-hybridized carbons (Fsp3) is 0.400. The normalized spacial score (nSPS) is 27.0. The van der Waals surface area contributed by atoms with Gasteiger partial charge >= 0.3 is 5.97 Å². The predicted octanol–water partition coefficient (Wildman–Crippen LogP) is 2.40. The maximum absolute atomic E-state index is 13.8. The van der Waals surface area contributed by atoms with E-state index in [1.54, 1.807) is 12.1 Å². The Bertz CT molecular complexity index is 1310. The Kier molecular flexibility index (Phi) is 7.09. The summed E-state index contributed by atoms with van der Waals surface area (Å²) in [5.41, 5.74) is 0.0116. The van der Waals surface area contributed by atoms with Gasteiger partial charge in [0.25, 0.3) is 0 Å². The molecule has 2 aliphatic rings. The number of esters is 1. The van der Waals surface area contributed by atoms with Gasteiger partial charge in [-0.1, -0.05) is 11.3 Å². The van der Waals surface area contributed by atoms with Crippen LogP contribution >= 0.6 is 0 Å². The summed E-state index contributed by atoms with van der Waals surface area (Å²) in [7, 11) is 1.45. The van der Waals surface area contributed by atoms with Crippen molar-refractivity contribution in [1.29, 1.82) is 0 Å². The molecule has 0 radical (unpaired) electrons. The van der Waals surface area contributed by atoms with E-state index in [1.807, 2.05) is 0 Å². The highest BCUT2D eigenvalue weighted by Gasteiger charge is 2.60.